The molecule has 0 spiro atoms. The van der Waals surface area contributed by atoms with E-state index in [0.717, 1.165) is 18.2 Å². The van der Waals surface area contributed by atoms with Gasteiger partial charge in [-0.1, -0.05) is 0 Å². The number of carboxylic acids is 1. The number of alkyl halides is 1. The third-order valence-corrected chi connectivity index (χ3v) is 7.57. The minimum absolute atomic E-state index is 0.0651. The molecule has 2 heterocycles. The van der Waals surface area contributed by atoms with Crippen molar-refractivity contribution in [2.45, 2.75) is 44.9 Å². The summed E-state index contributed by atoms with van der Waals surface area (Å²) in [4.78, 5) is 18.2. The van der Waals surface area contributed by atoms with Crippen LogP contribution in [0.15, 0.2) is 42.6 Å². The van der Waals surface area contributed by atoms with Crippen LogP contribution >= 0.6 is 0 Å². The molecule has 10 heteroatoms. The van der Waals surface area contributed by atoms with E-state index in [1.165, 1.54) is 13.3 Å². The van der Waals surface area contributed by atoms with Gasteiger partial charge in [-0.15, -0.1) is 0 Å². The number of aromatic nitrogens is 1. The number of aliphatic carboxylic acids is 1. The molecule has 210 valence electrons. The minimum Gasteiger partial charge on any atom is -0.497 e. The molecule has 2 aromatic carbocycles. The van der Waals surface area contributed by atoms with Gasteiger partial charge in [-0.25, -0.2) is 13.2 Å². The second-order valence-corrected chi connectivity index (χ2v) is 10.1. The lowest BCUT2D eigenvalue weighted by atomic mass is 9.71. The molecule has 4 rings (SSSR count). The van der Waals surface area contributed by atoms with Crippen molar-refractivity contribution in [2.75, 3.05) is 33.4 Å². The number of piperidine rings is 1. The van der Waals surface area contributed by atoms with Crippen LogP contribution in [0.1, 0.15) is 49.4 Å². The zero-order chi connectivity index (χ0) is 28.0. The van der Waals surface area contributed by atoms with Gasteiger partial charge in [0.1, 0.15) is 35.9 Å². The second-order valence-electron chi connectivity index (χ2n) is 10.1. The summed E-state index contributed by atoms with van der Waals surface area (Å²) in [6.45, 7) is 1.57. The van der Waals surface area contributed by atoms with E-state index in [0.29, 0.717) is 66.7 Å². The van der Waals surface area contributed by atoms with Gasteiger partial charge in [0.2, 0.25) is 0 Å². The number of fused-ring (bicyclic) bond motifs is 1. The maximum atomic E-state index is 15.9. The van der Waals surface area contributed by atoms with Crippen molar-refractivity contribution in [2.24, 2.45) is 5.41 Å². The third-order valence-electron chi connectivity index (χ3n) is 7.57. The molecule has 39 heavy (non-hydrogen) atoms. The molecule has 0 unspecified atom stereocenters. The summed E-state index contributed by atoms with van der Waals surface area (Å²) in [6, 6.07) is 8.20. The van der Waals surface area contributed by atoms with Crippen LogP contribution in [-0.2, 0) is 11.4 Å². The van der Waals surface area contributed by atoms with E-state index >= 15 is 4.39 Å². The topological polar surface area (TPSA) is 92.1 Å². The number of carboxylic acid groups (broad SMARTS) is 1. The number of likely N-dealkylation sites (tertiary alicyclic amines) is 1. The summed E-state index contributed by atoms with van der Waals surface area (Å²) in [6.07, 6.45) is 1.59. The SMILES string of the molecule is COc1ccc2ncc(CO)c([C@H](F)CCC3(CC(=O)O)CCN(CCOc4cc(F)cc(F)c4)CC3)c2c1. The maximum Gasteiger partial charge on any atom is 0.303 e. The van der Waals surface area contributed by atoms with Crippen LogP contribution in [-0.4, -0.2) is 59.4 Å². The molecule has 1 atom stereocenters. The Bertz CT molecular complexity index is 1270. The highest BCUT2D eigenvalue weighted by atomic mass is 19.1. The average Bonchev–Trinajstić information content (AvgIpc) is 2.91. The molecule has 2 N–H and O–H groups in total. The second kappa shape index (κ2) is 12.7. The molecule has 0 radical (unpaired) electrons. The normalized spacial score (nSPS) is 16.2. The van der Waals surface area contributed by atoms with Crippen LogP contribution in [0.3, 0.4) is 0 Å². The highest BCUT2D eigenvalue weighted by molar-refractivity contribution is 5.85. The van der Waals surface area contributed by atoms with Crippen LogP contribution < -0.4 is 9.47 Å². The highest BCUT2D eigenvalue weighted by Gasteiger charge is 2.37. The molecule has 1 aliphatic rings. The number of nitrogens with zero attached hydrogens (tertiary/aromatic N) is 2. The van der Waals surface area contributed by atoms with Gasteiger partial charge < -0.3 is 19.7 Å². The summed E-state index contributed by atoms with van der Waals surface area (Å²) >= 11 is 0. The average molecular weight is 547 g/mol. The third kappa shape index (κ3) is 7.19. The van der Waals surface area contributed by atoms with Crippen LogP contribution in [0.2, 0.25) is 0 Å². The van der Waals surface area contributed by atoms with E-state index in [1.54, 1.807) is 18.2 Å². The van der Waals surface area contributed by atoms with Crippen molar-refractivity contribution in [3.8, 4) is 11.5 Å². The smallest absolute Gasteiger partial charge is 0.303 e. The number of hydrogen-bond acceptors (Lipinski definition) is 6. The Kier molecular flexibility index (Phi) is 9.29. The zero-order valence-corrected chi connectivity index (χ0v) is 21.8. The van der Waals surface area contributed by atoms with Gasteiger partial charge in [0.25, 0.3) is 0 Å². The summed E-state index contributed by atoms with van der Waals surface area (Å²) < 4.78 is 53.4. The number of pyridine rings is 1. The highest BCUT2D eigenvalue weighted by Crippen LogP contribution is 2.43. The number of ether oxygens (including phenoxy) is 2. The fourth-order valence-corrected chi connectivity index (χ4v) is 5.42. The Hall–Kier alpha value is -3.37. The number of halogens is 3. The van der Waals surface area contributed by atoms with Crippen molar-refractivity contribution < 1.29 is 37.7 Å². The first-order valence-electron chi connectivity index (χ1n) is 13.0. The molecule has 3 aromatic rings. The van der Waals surface area contributed by atoms with Gasteiger partial charge in [-0.3, -0.25) is 14.7 Å². The number of aliphatic hydroxyl groups is 1. The van der Waals surface area contributed by atoms with Crippen molar-refractivity contribution in [3.63, 3.8) is 0 Å². The van der Waals surface area contributed by atoms with E-state index < -0.39 is 29.2 Å². The fourth-order valence-electron chi connectivity index (χ4n) is 5.42. The number of rotatable bonds is 12. The molecule has 1 fully saturated rings. The molecule has 1 aliphatic heterocycles. The van der Waals surface area contributed by atoms with Gasteiger partial charge in [0, 0.05) is 47.5 Å². The molecular weight excluding hydrogens is 513 g/mol. The Labute approximate surface area is 225 Å². The molecule has 1 saturated heterocycles. The molecule has 0 amide bonds. The zero-order valence-electron chi connectivity index (χ0n) is 21.8. The van der Waals surface area contributed by atoms with Crippen LogP contribution in [0.25, 0.3) is 10.9 Å². The Morgan fingerprint density at radius 1 is 1.13 bits per heavy atom. The quantitative estimate of drug-likeness (QED) is 0.313. The van der Waals surface area contributed by atoms with E-state index in [1.807, 2.05) is 0 Å². The van der Waals surface area contributed by atoms with Crippen LogP contribution in [0.5, 0.6) is 11.5 Å². The molecule has 0 bridgehead atoms. The standard InChI is InChI=1S/C29H33F3N2O5/c1-38-22-2-3-26-24(15-22)28(19(18-35)17-33-26)25(32)4-5-29(16-27(36)37)6-8-34(9-7-29)10-11-39-23-13-20(30)12-21(31)14-23/h2-3,12-15,17,25,35H,4-11,16,18H2,1H3,(H,36,37)/t25-/m1/s1. The predicted molar refractivity (Wildman–Crippen MR) is 140 cm³/mol. The van der Waals surface area contributed by atoms with E-state index in [-0.39, 0.29) is 31.8 Å². The molecule has 0 saturated carbocycles. The first kappa shape index (κ1) is 28.6. The molecular formula is C29H33F3N2O5. The fraction of sp³-hybridized carbons (Fsp3) is 0.448. The largest absolute Gasteiger partial charge is 0.497 e. The molecule has 7 nitrogen and oxygen atoms in total. The number of aliphatic hydroxyl groups excluding tert-OH is 1. The summed E-state index contributed by atoms with van der Waals surface area (Å²) in [5, 5.41) is 20.1. The number of hydrogen-bond donors (Lipinski definition) is 2. The molecule has 1 aromatic heterocycles. The van der Waals surface area contributed by atoms with Crippen LogP contribution in [0.4, 0.5) is 13.2 Å². The molecule has 0 aliphatic carbocycles. The number of benzene rings is 2. The van der Waals surface area contributed by atoms with Gasteiger partial charge in [-0.05, 0) is 62.4 Å². The summed E-state index contributed by atoms with van der Waals surface area (Å²) in [5.41, 5.74) is 0.764. The van der Waals surface area contributed by atoms with Gasteiger partial charge in [0.15, 0.2) is 0 Å². The predicted octanol–water partition coefficient (Wildman–Crippen LogP) is 5.44. The van der Waals surface area contributed by atoms with Crippen molar-refractivity contribution in [3.05, 3.63) is 65.4 Å². The van der Waals surface area contributed by atoms with Crippen molar-refractivity contribution in [1.82, 2.24) is 9.88 Å². The number of methoxy groups -OCH3 is 1. The van der Waals surface area contributed by atoms with Crippen molar-refractivity contribution >= 4 is 16.9 Å². The number of carbonyl (C=O) groups is 1. The van der Waals surface area contributed by atoms with E-state index in [2.05, 4.69) is 9.88 Å². The first-order chi connectivity index (χ1) is 18.7. The minimum atomic E-state index is -1.42. The van der Waals surface area contributed by atoms with E-state index in [4.69, 9.17) is 9.47 Å². The first-order valence-corrected chi connectivity index (χ1v) is 13.0. The van der Waals surface area contributed by atoms with Gasteiger partial charge in [0.05, 0.1) is 25.7 Å². The van der Waals surface area contributed by atoms with Gasteiger partial charge >= 0.3 is 5.97 Å². The summed E-state index contributed by atoms with van der Waals surface area (Å²) in [5.74, 6) is -1.68. The van der Waals surface area contributed by atoms with Crippen molar-refractivity contribution in [1.29, 1.82) is 0 Å². The van der Waals surface area contributed by atoms with Gasteiger partial charge in [-0.2, -0.15) is 0 Å². The maximum absolute atomic E-state index is 15.9. The lowest BCUT2D eigenvalue weighted by Crippen LogP contribution is -2.42. The van der Waals surface area contributed by atoms with E-state index in [9.17, 15) is 23.8 Å². The monoisotopic (exact) mass is 546 g/mol. The Morgan fingerprint density at radius 2 is 1.85 bits per heavy atom. The van der Waals surface area contributed by atoms with Crippen LogP contribution in [0, 0.1) is 17.0 Å². The Balaban J connectivity index is 1.40. The Morgan fingerprint density at radius 3 is 2.49 bits per heavy atom. The lowest BCUT2D eigenvalue weighted by molar-refractivity contribution is -0.141. The lowest BCUT2D eigenvalue weighted by Gasteiger charge is -2.41. The summed E-state index contributed by atoms with van der Waals surface area (Å²) in [7, 11) is 1.52.